The standard InChI is InChI=1S/C6H8N4O2S/c1-13-3-2-4(7)9-6(8)5(3)10(11)12/h2H,1H3,(H4,7,8,9). The summed E-state index contributed by atoms with van der Waals surface area (Å²) >= 11 is 1.21. The van der Waals surface area contributed by atoms with Gasteiger partial charge in [0, 0.05) is 6.07 Å². The molecule has 1 rings (SSSR count). The number of hydrogen-bond acceptors (Lipinski definition) is 6. The van der Waals surface area contributed by atoms with Crippen LogP contribution in [0.4, 0.5) is 17.3 Å². The Morgan fingerprint density at radius 1 is 1.62 bits per heavy atom. The molecule has 13 heavy (non-hydrogen) atoms. The number of anilines is 2. The van der Waals surface area contributed by atoms with Crippen LogP contribution in [0, 0.1) is 10.1 Å². The smallest absolute Gasteiger partial charge is 0.324 e. The Kier molecular flexibility index (Phi) is 2.57. The highest BCUT2D eigenvalue weighted by Crippen LogP contribution is 2.32. The number of nitro groups is 1. The fourth-order valence-corrected chi connectivity index (χ4v) is 1.50. The average Bonchev–Trinajstić information content (AvgIpc) is 2.01. The lowest BCUT2D eigenvalue weighted by Crippen LogP contribution is -2.02. The van der Waals surface area contributed by atoms with E-state index in [1.807, 2.05) is 0 Å². The van der Waals surface area contributed by atoms with E-state index in [1.165, 1.54) is 17.8 Å². The van der Waals surface area contributed by atoms with Gasteiger partial charge in [-0.25, -0.2) is 4.98 Å². The number of hydrogen-bond donors (Lipinski definition) is 2. The van der Waals surface area contributed by atoms with Gasteiger partial charge < -0.3 is 11.5 Å². The van der Waals surface area contributed by atoms with Gasteiger partial charge in [0.05, 0.1) is 9.82 Å². The molecule has 0 aromatic carbocycles. The summed E-state index contributed by atoms with van der Waals surface area (Å²) in [6, 6.07) is 1.43. The van der Waals surface area contributed by atoms with Gasteiger partial charge in [-0.3, -0.25) is 10.1 Å². The second-order valence-electron chi connectivity index (χ2n) is 2.24. The van der Waals surface area contributed by atoms with Crippen LogP contribution in [0.15, 0.2) is 11.0 Å². The zero-order valence-electron chi connectivity index (χ0n) is 6.85. The molecule has 0 unspecified atom stereocenters. The summed E-state index contributed by atoms with van der Waals surface area (Å²) in [5.41, 5.74) is 10.6. The highest BCUT2D eigenvalue weighted by Gasteiger charge is 2.19. The fourth-order valence-electron chi connectivity index (χ4n) is 0.892. The third-order valence-electron chi connectivity index (χ3n) is 1.41. The molecule has 0 fully saturated rings. The molecular formula is C6H8N4O2S. The summed E-state index contributed by atoms with van der Waals surface area (Å²) in [6.45, 7) is 0. The molecule has 0 spiro atoms. The second-order valence-corrected chi connectivity index (χ2v) is 3.09. The number of pyridine rings is 1. The summed E-state index contributed by atoms with van der Waals surface area (Å²) in [7, 11) is 0. The predicted molar refractivity (Wildman–Crippen MR) is 51.5 cm³/mol. The van der Waals surface area contributed by atoms with Crippen molar-refractivity contribution in [1.82, 2.24) is 4.98 Å². The first-order chi connectivity index (χ1) is 6.06. The first-order valence-corrected chi connectivity index (χ1v) is 4.53. The Balaban J connectivity index is 3.38. The molecule has 0 bridgehead atoms. The van der Waals surface area contributed by atoms with Crippen molar-refractivity contribution in [3.05, 3.63) is 16.2 Å². The largest absolute Gasteiger partial charge is 0.384 e. The molecule has 0 amide bonds. The number of rotatable bonds is 2. The third-order valence-corrected chi connectivity index (χ3v) is 2.16. The SMILES string of the molecule is CSc1cc(N)nc(N)c1[N+](=O)[O-]. The maximum atomic E-state index is 10.5. The molecule has 0 saturated carbocycles. The zero-order valence-corrected chi connectivity index (χ0v) is 7.67. The van der Waals surface area contributed by atoms with Crippen molar-refractivity contribution in [2.45, 2.75) is 4.90 Å². The predicted octanol–water partition coefficient (Wildman–Crippen LogP) is 0.876. The van der Waals surface area contributed by atoms with E-state index in [9.17, 15) is 10.1 Å². The van der Waals surface area contributed by atoms with Crippen LogP contribution in [0.2, 0.25) is 0 Å². The molecular weight excluding hydrogens is 192 g/mol. The van der Waals surface area contributed by atoms with Crippen molar-refractivity contribution in [3.8, 4) is 0 Å². The second kappa shape index (κ2) is 3.48. The van der Waals surface area contributed by atoms with Gasteiger partial charge in [0.15, 0.2) is 0 Å². The van der Waals surface area contributed by atoms with Crippen LogP contribution in [0.3, 0.4) is 0 Å². The summed E-state index contributed by atoms with van der Waals surface area (Å²) < 4.78 is 0. The molecule has 1 aromatic rings. The van der Waals surface area contributed by atoms with Crippen LogP contribution < -0.4 is 11.5 Å². The molecule has 0 radical (unpaired) electrons. The van der Waals surface area contributed by atoms with E-state index in [2.05, 4.69) is 4.98 Å². The van der Waals surface area contributed by atoms with Crippen LogP contribution in [-0.2, 0) is 0 Å². The van der Waals surface area contributed by atoms with Gasteiger partial charge in [-0.2, -0.15) is 0 Å². The minimum Gasteiger partial charge on any atom is -0.384 e. The Morgan fingerprint density at radius 2 is 2.23 bits per heavy atom. The summed E-state index contributed by atoms with van der Waals surface area (Å²) in [5, 5.41) is 10.5. The molecule has 4 N–H and O–H groups in total. The quantitative estimate of drug-likeness (QED) is 0.416. The van der Waals surface area contributed by atoms with E-state index in [4.69, 9.17) is 11.5 Å². The Bertz CT molecular complexity index is 355. The molecule has 0 atom stereocenters. The topological polar surface area (TPSA) is 108 Å². The fraction of sp³-hybridized carbons (Fsp3) is 0.167. The maximum Gasteiger partial charge on any atom is 0.324 e. The van der Waals surface area contributed by atoms with E-state index in [0.29, 0.717) is 4.90 Å². The molecule has 0 aliphatic rings. The molecule has 6 nitrogen and oxygen atoms in total. The molecule has 1 aromatic heterocycles. The van der Waals surface area contributed by atoms with Crippen LogP contribution in [-0.4, -0.2) is 16.2 Å². The number of nitrogens with zero attached hydrogens (tertiary/aromatic N) is 2. The Labute approximate surface area is 78.5 Å². The molecule has 7 heteroatoms. The van der Waals surface area contributed by atoms with Crippen molar-refractivity contribution in [1.29, 1.82) is 0 Å². The molecule has 0 aliphatic carbocycles. The zero-order chi connectivity index (χ0) is 10.0. The molecule has 1 heterocycles. The lowest BCUT2D eigenvalue weighted by Gasteiger charge is -2.02. The highest BCUT2D eigenvalue weighted by molar-refractivity contribution is 7.98. The van der Waals surface area contributed by atoms with E-state index in [1.54, 1.807) is 6.26 Å². The van der Waals surface area contributed by atoms with Crippen molar-refractivity contribution in [2.75, 3.05) is 17.7 Å². The van der Waals surface area contributed by atoms with Gasteiger partial charge in [0.1, 0.15) is 5.82 Å². The first kappa shape index (κ1) is 9.59. The number of nitrogens with two attached hydrogens (primary N) is 2. The van der Waals surface area contributed by atoms with E-state index >= 15 is 0 Å². The van der Waals surface area contributed by atoms with Gasteiger partial charge in [-0.15, -0.1) is 11.8 Å². The monoisotopic (exact) mass is 200 g/mol. The minimum atomic E-state index is -0.562. The van der Waals surface area contributed by atoms with Crippen molar-refractivity contribution >= 4 is 29.1 Å². The average molecular weight is 200 g/mol. The van der Waals surface area contributed by atoms with Crippen LogP contribution in [0.25, 0.3) is 0 Å². The Morgan fingerprint density at radius 3 is 2.69 bits per heavy atom. The van der Waals surface area contributed by atoms with E-state index in [0.717, 1.165) is 0 Å². The van der Waals surface area contributed by atoms with Crippen molar-refractivity contribution in [2.24, 2.45) is 0 Å². The lowest BCUT2D eigenvalue weighted by atomic mass is 10.4. The molecule has 0 aliphatic heterocycles. The normalized spacial score (nSPS) is 9.92. The van der Waals surface area contributed by atoms with Gasteiger partial charge in [0.2, 0.25) is 5.82 Å². The molecule has 0 saturated heterocycles. The molecule has 70 valence electrons. The third kappa shape index (κ3) is 1.81. The van der Waals surface area contributed by atoms with Crippen LogP contribution in [0.5, 0.6) is 0 Å². The summed E-state index contributed by atoms with van der Waals surface area (Å²) in [4.78, 5) is 14.0. The number of thioether (sulfide) groups is 1. The van der Waals surface area contributed by atoms with Gasteiger partial charge in [-0.1, -0.05) is 0 Å². The highest BCUT2D eigenvalue weighted by atomic mass is 32.2. The van der Waals surface area contributed by atoms with E-state index in [-0.39, 0.29) is 17.3 Å². The van der Waals surface area contributed by atoms with Crippen LogP contribution in [0.1, 0.15) is 0 Å². The first-order valence-electron chi connectivity index (χ1n) is 3.30. The number of nitrogen functional groups attached to an aromatic ring is 2. The Hall–Kier alpha value is -1.50. The van der Waals surface area contributed by atoms with Crippen LogP contribution >= 0.6 is 11.8 Å². The maximum absolute atomic E-state index is 10.5. The summed E-state index contributed by atoms with van der Waals surface area (Å²) in [5.74, 6) is 0.0433. The number of aromatic nitrogens is 1. The summed E-state index contributed by atoms with van der Waals surface area (Å²) in [6.07, 6.45) is 1.71. The van der Waals surface area contributed by atoms with Gasteiger partial charge in [0.25, 0.3) is 0 Å². The van der Waals surface area contributed by atoms with Crippen molar-refractivity contribution in [3.63, 3.8) is 0 Å². The lowest BCUT2D eigenvalue weighted by molar-refractivity contribution is -0.387. The van der Waals surface area contributed by atoms with Gasteiger partial charge >= 0.3 is 5.69 Å². The van der Waals surface area contributed by atoms with Crippen molar-refractivity contribution < 1.29 is 4.92 Å². The van der Waals surface area contributed by atoms with Gasteiger partial charge in [-0.05, 0) is 6.26 Å². The van der Waals surface area contributed by atoms with E-state index < -0.39 is 4.92 Å². The minimum absolute atomic E-state index is 0.144.